The number of hydrogen-bond donors (Lipinski definition) is 1. The van der Waals surface area contributed by atoms with E-state index in [2.05, 4.69) is 9.97 Å². The number of nitrogens with zero attached hydrogens (tertiary/aromatic N) is 1. The molecule has 0 spiro atoms. The molecule has 0 saturated heterocycles. The molecule has 0 aliphatic heterocycles. The van der Waals surface area contributed by atoms with Gasteiger partial charge < -0.3 is 4.98 Å². The quantitative estimate of drug-likeness (QED) is 0.766. The Labute approximate surface area is 83.8 Å². The van der Waals surface area contributed by atoms with Gasteiger partial charge in [-0.15, -0.1) is 0 Å². The van der Waals surface area contributed by atoms with E-state index in [-0.39, 0.29) is 11.4 Å². The van der Waals surface area contributed by atoms with E-state index in [0.717, 1.165) is 6.07 Å². The molecule has 0 aliphatic rings. The molecular weight excluding hydrogens is 202 g/mol. The van der Waals surface area contributed by atoms with Crippen LogP contribution >= 0.6 is 0 Å². The van der Waals surface area contributed by atoms with Crippen molar-refractivity contribution in [3.05, 3.63) is 53.6 Å². The molecular formula is C10H6F2N2O. The first-order valence-corrected chi connectivity index (χ1v) is 4.18. The third-order valence-electron chi connectivity index (χ3n) is 1.91. The molecule has 0 aliphatic carbocycles. The van der Waals surface area contributed by atoms with Gasteiger partial charge in [0.05, 0.1) is 5.56 Å². The summed E-state index contributed by atoms with van der Waals surface area (Å²) in [5.74, 6) is -2.89. The van der Waals surface area contributed by atoms with Gasteiger partial charge >= 0.3 is 0 Å². The van der Waals surface area contributed by atoms with Gasteiger partial charge in [0.25, 0.3) is 0 Å². The molecule has 15 heavy (non-hydrogen) atoms. The van der Waals surface area contributed by atoms with E-state index in [1.54, 1.807) is 0 Å². The Bertz CT molecular complexity index is 494. The van der Waals surface area contributed by atoms with Gasteiger partial charge in [-0.25, -0.2) is 13.8 Å². The Morgan fingerprint density at radius 2 is 2.13 bits per heavy atom. The van der Waals surface area contributed by atoms with Gasteiger partial charge in [-0.3, -0.25) is 4.79 Å². The lowest BCUT2D eigenvalue weighted by atomic mass is 10.1. The Morgan fingerprint density at radius 1 is 1.33 bits per heavy atom. The molecule has 76 valence electrons. The fourth-order valence-electron chi connectivity index (χ4n) is 1.20. The average Bonchev–Trinajstić information content (AvgIpc) is 2.74. The summed E-state index contributed by atoms with van der Waals surface area (Å²) in [6.45, 7) is 0. The Balaban J connectivity index is 2.47. The zero-order chi connectivity index (χ0) is 10.8. The van der Waals surface area contributed by atoms with Crippen molar-refractivity contribution >= 4 is 5.78 Å². The first kappa shape index (κ1) is 9.51. The van der Waals surface area contributed by atoms with Crippen LogP contribution in [0.2, 0.25) is 0 Å². The van der Waals surface area contributed by atoms with Crippen molar-refractivity contribution in [1.82, 2.24) is 9.97 Å². The molecule has 2 rings (SSSR count). The Hall–Kier alpha value is -2.04. The first-order chi connectivity index (χ1) is 7.20. The predicted molar refractivity (Wildman–Crippen MR) is 48.4 cm³/mol. The summed E-state index contributed by atoms with van der Waals surface area (Å²) in [5, 5.41) is 0. The van der Waals surface area contributed by atoms with Gasteiger partial charge in [-0.05, 0) is 12.1 Å². The van der Waals surface area contributed by atoms with Crippen molar-refractivity contribution in [3.63, 3.8) is 0 Å². The third-order valence-corrected chi connectivity index (χ3v) is 1.91. The SMILES string of the molecule is O=C(c1ncc[nH]1)c1cccc(F)c1F. The number of carbonyl (C=O) groups is 1. The minimum absolute atomic E-state index is 0.0144. The van der Waals surface area contributed by atoms with Crippen LogP contribution in [0, 0.1) is 11.6 Å². The Kier molecular flexibility index (Phi) is 2.29. The highest BCUT2D eigenvalue weighted by atomic mass is 19.2. The van der Waals surface area contributed by atoms with Gasteiger partial charge in [0, 0.05) is 12.4 Å². The zero-order valence-corrected chi connectivity index (χ0v) is 7.50. The molecule has 1 aromatic carbocycles. The van der Waals surface area contributed by atoms with E-state index < -0.39 is 17.4 Å². The molecule has 0 amide bonds. The average molecular weight is 208 g/mol. The van der Waals surface area contributed by atoms with Gasteiger partial charge in [0.1, 0.15) is 0 Å². The molecule has 0 atom stereocenters. The second-order valence-corrected chi connectivity index (χ2v) is 2.87. The van der Waals surface area contributed by atoms with Crippen molar-refractivity contribution in [2.45, 2.75) is 0 Å². The molecule has 1 N–H and O–H groups in total. The number of H-pyrrole nitrogens is 1. The van der Waals surface area contributed by atoms with E-state index >= 15 is 0 Å². The molecule has 1 aromatic heterocycles. The smallest absolute Gasteiger partial charge is 0.231 e. The van der Waals surface area contributed by atoms with Gasteiger partial charge in [0.15, 0.2) is 17.5 Å². The van der Waals surface area contributed by atoms with E-state index in [0.29, 0.717) is 0 Å². The number of rotatable bonds is 2. The van der Waals surface area contributed by atoms with E-state index in [1.807, 2.05) is 0 Å². The second kappa shape index (κ2) is 3.61. The number of carbonyl (C=O) groups excluding carboxylic acids is 1. The van der Waals surface area contributed by atoms with Crippen LogP contribution in [0.3, 0.4) is 0 Å². The molecule has 3 nitrogen and oxygen atoms in total. The predicted octanol–water partition coefficient (Wildman–Crippen LogP) is 1.92. The number of aromatic amines is 1. The number of hydrogen-bond acceptors (Lipinski definition) is 2. The fraction of sp³-hybridized carbons (Fsp3) is 0. The monoisotopic (exact) mass is 208 g/mol. The van der Waals surface area contributed by atoms with Crippen LogP contribution in [0.1, 0.15) is 16.2 Å². The second-order valence-electron chi connectivity index (χ2n) is 2.87. The van der Waals surface area contributed by atoms with Gasteiger partial charge in [-0.1, -0.05) is 6.07 Å². The summed E-state index contributed by atoms with van der Waals surface area (Å²) in [6.07, 6.45) is 2.80. The highest BCUT2D eigenvalue weighted by Crippen LogP contribution is 2.13. The number of aromatic nitrogens is 2. The number of halogens is 2. The normalized spacial score (nSPS) is 10.3. The summed E-state index contributed by atoms with van der Waals surface area (Å²) >= 11 is 0. The van der Waals surface area contributed by atoms with E-state index in [1.165, 1.54) is 24.5 Å². The number of benzene rings is 1. The van der Waals surface area contributed by atoms with Gasteiger partial charge in [0.2, 0.25) is 5.78 Å². The lowest BCUT2D eigenvalue weighted by Crippen LogP contribution is -2.07. The molecule has 0 bridgehead atoms. The van der Waals surface area contributed by atoms with Crippen LogP contribution in [-0.4, -0.2) is 15.8 Å². The van der Waals surface area contributed by atoms with Crippen LogP contribution in [0.4, 0.5) is 8.78 Å². The molecule has 2 aromatic rings. The van der Waals surface area contributed by atoms with Crippen molar-refractivity contribution in [3.8, 4) is 0 Å². The summed E-state index contributed by atoms with van der Waals surface area (Å²) in [5.41, 5.74) is -0.329. The lowest BCUT2D eigenvalue weighted by Gasteiger charge is -2.00. The van der Waals surface area contributed by atoms with Crippen LogP contribution in [0.5, 0.6) is 0 Å². The molecule has 1 heterocycles. The van der Waals surface area contributed by atoms with Crippen LogP contribution in [0.15, 0.2) is 30.6 Å². The maximum absolute atomic E-state index is 13.2. The number of nitrogens with one attached hydrogen (secondary N) is 1. The number of imidazole rings is 1. The van der Waals surface area contributed by atoms with Crippen molar-refractivity contribution in [2.24, 2.45) is 0 Å². The molecule has 0 unspecified atom stereocenters. The molecule has 0 radical (unpaired) electrons. The summed E-state index contributed by atoms with van der Waals surface area (Å²) in [4.78, 5) is 17.8. The van der Waals surface area contributed by atoms with Crippen molar-refractivity contribution in [2.75, 3.05) is 0 Å². The van der Waals surface area contributed by atoms with Crippen LogP contribution in [0.25, 0.3) is 0 Å². The number of ketones is 1. The van der Waals surface area contributed by atoms with E-state index in [4.69, 9.17) is 0 Å². The Morgan fingerprint density at radius 3 is 2.80 bits per heavy atom. The van der Waals surface area contributed by atoms with Crippen LogP contribution < -0.4 is 0 Å². The van der Waals surface area contributed by atoms with Crippen molar-refractivity contribution in [1.29, 1.82) is 0 Å². The first-order valence-electron chi connectivity index (χ1n) is 4.18. The molecule has 5 heteroatoms. The minimum Gasteiger partial charge on any atom is -0.342 e. The third kappa shape index (κ3) is 1.63. The summed E-state index contributed by atoms with van der Waals surface area (Å²) in [7, 11) is 0. The van der Waals surface area contributed by atoms with E-state index in [9.17, 15) is 13.6 Å². The van der Waals surface area contributed by atoms with Gasteiger partial charge in [-0.2, -0.15) is 0 Å². The maximum atomic E-state index is 13.2. The lowest BCUT2D eigenvalue weighted by molar-refractivity contribution is 0.102. The summed E-state index contributed by atoms with van der Waals surface area (Å²) < 4.78 is 26.0. The minimum atomic E-state index is -1.15. The topological polar surface area (TPSA) is 45.8 Å². The maximum Gasteiger partial charge on any atom is 0.231 e. The highest BCUT2D eigenvalue weighted by Gasteiger charge is 2.18. The molecule has 0 fully saturated rings. The summed E-state index contributed by atoms with van der Waals surface area (Å²) in [6, 6.07) is 3.44. The standard InChI is InChI=1S/C10H6F2N2O/c11-7-3-1-2-6(8(7)12)9(15)10-13-4-5-14-10/h1-5H,(H,13,14). The van der Waals surface area contributed by atoms with Crippen LogP contribution in [-0.2, 0) is 0 Å². The largest absolute Gasteiger partial charge is 0.342 e. The van der Waals surface area contributed by atoms with Crippen molar-refractivity contribution < 1.29 is 13.6 Å². The fourth-order valence-corrected chi connectivity index (χ4v) is 1.20. The zero-order valence-electron chi connectivity index (χ0n) is 7.50. The highest BCUT2D eigenvalue weighted by molar-refractivity contribution is 6.06. The molecule has 0 saturated carbocycles.